The van der Waals surface area contributed by atoms with Crippen LogP contribution in [0, 0.1) is 0 Å². The molecule has 8 N–H and O–H groups in total. The molecule has 0 aromatic carbocycles. The standard InChI is InChI=1S/C16H28N6O6/c1-9(17)19-6-4-5-11(21-10(2)23)16(28)20-8-13(24)22-12(7-14(25)26)15(27)18-3/h11-12,19H,1,4-8,17H2,2-3H3,(H,18,27)(H,20,28)(H,21,23)(H,22,24)(H,25,26)/t11-,12-/m0/s1. The number of hydrogen-bond acceptors (Lipinski definition) is 7. The third-order valence-electron chi connectivity index (χ3n) is 3.42. The summed E-state index contributed by atoms with van der Waals surface area (Å²) in [4.78, 5) is 57.8. The van der Waals surface area contributed by atoms with Gasteiger partial charge in [0.05, 0.1) is 18.8 Å². The molecule has 0 aliphatic heterocycles. The Hall–Kier alpha value is -3.31. The van der Waals surface area contributed by atoms with Crippen molar-refractivity contribution in [2.24, 2.45) is 5.73 Å². The Morgan fingerprint density at radius 2 is 1.68 bits per heavy atom. The van der Waals surface area contributed by atoms with Crippen molar-refractivity contribution in [2.45, 2.75) is 38.3 Å². The van der Waals surface area contributed by atoms with Crippen LogP contribution in [0.15, 0.2) is 12.4 Å². The Morgan fingerprint density at radius 1 is 1.04 bits per heavy atom. The average Bonchev–Trinajstić information content (AvgIpc) is 2.60. The molecule has 0 aliphatic rings. The highest BCUT2D eigenvalue weighted by Crippen LogP contribution is 1.98. The van der Waals surface area contributed by atoms with Crippen molar-refractivity contribution in [3.05, 3.63) is 12.4 Å². The summed E-state index contributed by atoms with van der Waals surface area (Å²) >= 11 is 0. The second-order valence-electron chi connectivity index (χ2n) is 5.90. The Balaban J connectivity index is 4.64. The Kier molecular flexibility index (Phi) is 11.4. The second-order valence-corrected chi connectivity index (χ2v) is 5.90. The van der Waals surface area contributed by atoms with Crippen LogP contribution in [0.2, 0.25) is 0 Å². The van der Waals surface area contributed by atoms with Gasteiger partial charge in [-0.05, 0) is 12.8 Å². The molecule has 0 heterocycles. The lowest BCUT2D eigenvalue weighted by Crippen LogP contribution is -2.52. The van der Waals surface area contributed by atoms with Crippen molar-refractivity contribution in [3.63, 3.8) is 0 Å². The van der Waals surface area contributed by atoms with Crippen LogP contribution in [0.3, 0.4) is 0 Å². The molecule has 12 heteroatoms. The molecule has 4 amide bonds. The zero-order valence-corrected chi connectivity index (χ0v) is 16.0. The molecule has 0 aromatic heterocycles. The van der Waals surface area contributed by atoms with Crippen molar-refractivity contribution in [3.8, 4) is 0 Å². The molecule has 0 radical (unpaired) electrons. The van der Waals surface area contributed by atoms with Gasteiger partial charge in [-0.25, -0.2) is 0 Å². The number of carboxylic acid groups (broad SMARTS) is 1. The van der Waals surface area contributed by atoms with Gasteiger partial charge >= 0.3 is 5.97 Å². The normalized spacial score (nSPS) is 12.1. The minimum atomic E-state index is -1.27. The summed E-state index contributed by atoms with van der Waals surface area (Å²) in [6.07, 6.45) is 0.179. The predicted molar refractivity (Wildman–Crippen MR) is 99.4 cm³/mol. The molecule has 2 atom stereocenters. The van der Waals surface area contributed by atoms with E-state index in [9.17, 15) is 24.0 Å². The van der Waals surface area contributed by atoms with Crippen molar-refractivity contribution in [2.75, 3.05) is 20.1 Å². The van der Waals surface area contributed by atoms with Crippen molar-refractivity contribution in [1.82, 2.24) is 26.6 Å². The van der Waals surface area contributed by atoms with Gasteiger partial charge in [0.25, 0.3) is 0 Å². The molecule has 12 nitrogen and oxygen atoms in total. The van der Waals surface area contributed by atoms with E-state index in [1.165, 1.54) is 14.0 Å². The summed E-state index contributed by atoms with van der Waals surface area (Å²) in [5, 5.41) is 20.9. The molecule has 0 bridgehead atoms. The fraction of sp³-hybridized carbons (Fsp3) is 0.562. The summed E-state index contributed by atoms with van der Waals surface area (Å²) in [6.45, 7) is 4.69. The molecule has 0 aliphatic carbocycles. The van der Waals surface area contributed by atoms with Gasteiger partial charge in [-0.3, -0.25) is 24.0 Å². The van der Waals surface area contributed by atoms with Gasteiger partial charge in [0.15, 0.2) is 0 Å². The largest absolute Gasteiger partial charge is 0.481 e. The first kappa shape index (κ1) is 24.7. The minimum absolute atomic E-state index is 0.282. The van der Waals surface area contributed by atoms with E-state index in [0.29, 0.717) is 13.0 Å². The van der Waals surface area contributed by atoms with Gasteiger partial charge in [-0.15, -0.1) is 0 Å². The molecule has 0 rings (SSSR count). The highest BCUT2D eigenvalue weighted by Gasteiger charge is 2.24. The fourth-order valence-corrected chi connectivity index (χ4v) is 2.16. The van der Waals surface area contributed by atoms with Crippen molar-refractivity contribution < 1.29 is 29.1 Å². The van der Waals surface area contributed by atoms with E-state index in [4.69, 9.17) is 10.8 Å². The van der Waals surface area contributed by atoms with Crippen LogP contribution in [0.4, 0.5) is 0 Å². The number of carboxylic acids is 1. The Morgan fingerprint density at radius 3 is 2.18 bits per heavy atom. The lowest BCUT2D eigenvalue weighted by molar-refractivity contribution is -0.140. The van der Waals surface area contributed by atoms with Gasteiger partial charge in [0.2, 0.25) is 23.6 Å². The molecule has 0 spiro atoms. The second kappa shape index (κ2) is 12.9. The van der Waals surface area contributed by atoms with E-state index >= 15 is 0 Å². The topological polar surface area (TPSA) is 192 Å². The highest BCUT2D eigenvalue weighted by molar-refractivity contribution is 5.93. The van der Waals surface area contributed by atoms with E-state index in [1.54, 1.807) is 0 Å². The molecule has 0 fully saturated rings. The van der Waals surface area contributed by atoms with Crippen LogP contribution in [-0.4, -0.2) is 66.9 Å². The van der Waals surface area contributed by atoms with Crippen LogP contribution in [0.1, 0.15) is 26.2 Å². The number of carbonyl (C=O) groups is 5. The minimum Gasteiger partial charge on any atom is -0.481 e. The molecular weight excluding hydrogens is 372 g/mol. The summed E-state index contributed by atoms with van der Waals surface area (Å²) in [7, 11) is 1.30. The first-order valence-corrected chi connectivity index (χ1v) is 8.52. The predicted octanol–water partition coefficient (Wildman–Crippen LogP) is -2.89. The highest BCUT2D eigenvalue weighted by atomic mass is 16.4. The molecule has 0 unspecified atom stereocenters. The monoisotopic (exact) mass is 400 g/mol. The number of nitrogens with two attached hydrogens (primary N) is 1. The molecular formula is C16H28N6O6. The van der Waals surface area contributed by atoms with Crippen LogP contribution in [0.25, 0.3) is 0 Å². The van der Waals surface area contributed by atoms with Crippen LogP contribution in [0.5, 0.6) is 0 Å². The van der Waals surface area contributed by atoms with Gasteiger partial charge < -0.3 is 37.4 Å². The van der Waals surface area contributed by atoms with Crippen molar-refractivity contribution >= 4 is 29.6 Å². The first-order valence-electron chi connectivity index (χ1n) is 8.52. The molecule has 0 saturated heterocycles. The maximum absolute atomic E-state index is 12.2. The van der Waals surface area contributed by atoms with Gasteiger partial charge in [-0.2, -0.15) is 0 Å². The van der Waals surface area contributed by atoms with E-state index in [-0.39, 0.29) is 12.2 Å². The number of nitrogens with one attached hydrogen (secondary N) is 5. The Labute approximate surface area is 162 Å². The maximum Gasteiger partial charge on any atom is 0.305 e. The molecule has 0 saturated carbocycles. The fourth-order valence-electron chi connectivity index (χ4n) is 2.16. The van der Waals surface area contributed by atoms with Crippen LogP contribution < -0.4 is 32.3 Å². The zero-order chi connectivity index (χ0) is 21.7. The number of rotatable bonds is 13. The zero-order valence-electron chi connectivity index (χ0n) is 16.0. The lowest BCUT2D eigenvalue weighted by atomic mass is 10.1. The number of carbonyl (C=O) groups excluding carboxylic acids is 4. The molecule has 158 valence electrons. The van der Waals surface area contributed by atoms with Crippen LogP contribution >= 0.6 is 0 Å². The third kappa shape index (κ3) is 11.3. The number of aliphatic carboxylic acids is 1. The van der Waals surface area contributed by atoms with E-state index in [0.717, 1.165) is 0 Å². The Bertz CT molecular complexity index is 608. The van der Waals surface area contributed by atoms with Gasteiger partial charge in [-0.1, -0.05) is 6.58 Å². The quantitative estimate of drug-likeness (QED) is 0.160. The molecule has 0 aromatic rings. The maximum atomic E-state index is 12.2. The molecule has 28 heavy (non-hydrogen) atoms. The summed E-state index contributed by atoms with van der Waals surface area (Å²) in [5.41, 5.74) is 5.37. The summed E-state index contributed by atoms with van der Waals surface area (Å²) in [6, 6.07) is -2.14. The summed E-state index contributed by atoms with van der Waals surface area (Å²) in [5.74, 6) is -3.41. The average molecular weight is 400 g/mol. The third-order valence-corrected chi connectivity index (χ3v) is 3.42. The smallest absolute Gasteiger partial charge is 0.305 e. The lowest BCUT2D eigenvalue weighted by Gasteiger charge is -2.19. The first-order chi connectivity index (χ1) is 13.1. The van der Waals surface area contributed by atoms with E-state index < -0.39 is 54.6 Å². The van der Waals surface area contributed by atoms with E-state index in [2.05, 4.69) is 33.2 Å². The SMILES string of the molecule is C=C(N)NCCC[C@H](NC(C)=O)C(=O)NCC(=O)N[C@@H](CC(=O)O)C(=O)NC. The summed E-state index contributed by atoms with van der Waals surface area (Å²) < 4.78 is 0. The van der Waals surface area contributed by atoms with Gasteiger partial charge in [0.1, 0.15) is 12.1 Å². The number of likely N-dealkylation sites (N-methyl/N-ethyl adjacent to an activating group) is 1. The number of amides is 4. The van der Waals surface area contributed by atoms with Crippen LogP contribution in [-0.2, 0) is 24.0 Å². The van der Waals surface area contributed by atoms with E-state index in [1.807, 2.05) is 0 Å². The van der Waals surface area contributed by atoms with Crippen molar-refractivity contribution in [1.29, 1.82) is 0 Å². The number of hydrogen-bond donors (Lipinski definition) is 7. The van der Waals surface area contributed by atoms with Gasteiger partial charge in [0, 0.05) is 20.5 Å².